The zero-order valence-electron chi connectivity index (χ0n) is 10.4. The Morgan fingerprint density at radius 2 is 2.17 bits per heavy atom. The van der Waals surface area contributed by atoms with E-state index in [1.54, 1.807) is 0 Å². The predicted octanol–water partition coefficient (Wildman–Crippen LogP) is 5.12. The molecule has 0 heterocycles. The summed E-state index contributed by atoms with van der Waals surface area (Å²) in [4.78, 5) is 0. The minimum atomic E-state index is 0.512. The van der Waals surface area contributed by atoms with Crippen molar-refractivity contribution >= 4 is 33.2 Å². The normalized spacial score (nSPS) is 30.7. The summed E-state index contributed by atoms with van der Waals surface area (Å²) in [5, 5.41) is 4.37. The van der Waals surface area contributed by atoms with E-state index < -0.39 is 0 Å². The third-order valence-electron chi connectivity index (χ3n) is 4.29. The Labute approximate surface area is 122 Å². The van der Waals surface area contributed by atoms with Crippen LogP contribution >= 0.6 is 27.5 Å². The van der Waals surface area contributed by atoms with E-state index in [0.717, 1.165) is 32.9 Å². The molecular weight excluding hydrogens is 310 g/mol. The third-order valence-corrected chi connectivity index (χ3v) is 5.50. The summed E-state index contributed by atoms with van der Waals surface area (Å²) in [5.41, 5.74) is 1.14. The van der Waals surface area contributed by atoms with Crippen LogP contribution in [-0.2, 0) is 0 Å². The van der Waals surface area contributed by atoms with Gasteiger partial charge in [-0.3, -0.25) is 0 Å². The van der Waals surface area contributed by atoms with Crippen molar-refractivity contribution in [3.8, 4) is 0 Å². The quantitative estimate of drug-likeness (QED) is 0.761. The molecule has 1 saturated carbocycles. The van der Waals surface area contributed by atoms with Crippen LogP contribution in [0.2, 0.25) is 5.02 Å². The number of fused-ring (bicyclic) bond motifs is 2. The van der Waals surface area contributed by atoms with Crippen LogP contribution in [0.1, 0.15) is 19.8 Å². The maximum atomic E-state index is 6.01. The highest BCUT2D eigenvalue weighted by atomic mass is 79.9. The minimum Gasteiger partial charge on any atom is -0.382 e. The first kappa shape index (κ1) is 12.6. The van der Waals surface area contributed by atoms with Gasteiger partial charge in [0, 0.05) is 16.2 Å². The Morgan fingerprint density at radius 1 is 1.33 bits per heavy atom. The molecule has 2 bridgehead atoms. The van der Waals surface area contributed by atoms with Crippen molar-refractivity contribution < 1.29 is 0 Å². The van der Waals surface area contributed by atoms with Crippen molar-refractivity contribution in [1.29, 1.82) is 0 Å². The Morgan fingerprint density at radius 3 is 2.78 bits per heavy atom. The lowest BCUT2D eigenvalue weighted by atomic mass is 9.87. The van der Waals surface area contributed by atoms with Crippen LogP contribution in [0.5, 0.6) is 0 Å². The molecule has 1 nitrogen and oxygen atoms in total. The Hall–Kier alpha value is -0.470. The zero-order chi connectivity index (χ0) is 12.7. The summed E-state index contributed by atoms with van der Waals surface area (Å²) in [6, 6.07) is 6.55. The summed E-state index contributed by atoms with van der Waals surface area (Å²) >= 11 is 9.48. The van der Waals surface area contributed by atoms with Crippen molar-refractivity contribution in [3.63, 3.8) is 0 Å². The number of hydrogen-bond donors (Lipinski definition) is 1. The molecule has 1 fully saturated rings. The van der Waals surface area contributed by atoms with Crippen molar-refractivity contribution in [2.75, 3.05) is 5.32 Å². The third kappa shape index (κ3) is 2.33. The second-order valence-electron chi connectivity index (χ2n) is 5.51. The van der Waals surface area contributed by atoms with E-state index in [2.05, 4.69) is 46.4 Å². The molecule has 4 unspecified atom stereocenters. The zero-order valence-corrected chi connectivity index (χ0v) is 12.7. The van der Waals surface area contributed by atoms with Gasteiger partial charge < -0.3 is 5.32 Å². The molecule has 3 heteroatoms. The number of allylic oxidation sites excluding steroid dienone is 2. The van der Waals surface area contributed by atoms with Gasteiger partial charge in [-0.1, -0.05) is 23.8 Å². The number of rotatable bonds is 3. The molecule has 0 aliphatic heterocycles. The molecule has 0 saturated heterocycles. The van der Waals surface area contributed by atoms with Crippen LogP contribution < -0.4 is 5.32 Å². The Kier molecular flexibility index (Phi) is 3.42. The lowest BCUT2D eigenvalue weighted by Crippen LogP contribution is -2.28. The van der Waals surface area contributed by atoms with E-state index in [1.807, 2.05) is 12.1 Å². The van der Waals surface area contributed by atoms with Crippen LogP contribution in [-0.4, -0.2) is 6.04 Å². The highest BCUT2D eigenvalue weighted by Gasteiger charge is 2.38. The largest absolute Gasteiger partial charge is 0.382 e. The molecule has 0 amide bonds. The summed E-state index contributed by atoms with van der Waals surface area (Å²) in [6.07, 6.45) is 7.51. The monoisotopic (exact) mass is 325 g/mol. The summed E-state index contributed by atoms with van der Waals surface area (Å²) in [6.45, 7) is 2.29. The fourth-order valence-electron chi connectivity index (χ4n) is 3.35. The molecular formula is C15H17BrClN. The molecule has 0 radical (unpaired) electrons. The number of benzene rings is 1. The van der Waals surface area contributed by atoms with Gasteiger partial charge in [0.1, 0.15) is 0 Å². The Bertz CT molecular complexity index is 485. The number of hydrogen-bond acceptors (Lipinski definition) is 1. The highest BCUT2D eigenvalue weighted by molar-refractivity contribution is 9.10. The standard InChI is InChI=1S/C15H17BrClN/c1-9(13-7-10-2-3-11(13)6-10)18-12-4-5-15(17)14(16)8-12/h2-5,8-11,13,18H,6-7H2,1H3. The molecule has 0 spiro atoms. The molecule has 0 aromatic heterocycles. The van der Waals surface area contributed by atoms with Crippen molar-refractivity contribution in [2.24, 2.45) is 17.8 Å². The second-order valence-corrected chi connectivity index (χ2v) is 6.77. The molecule has 1 aromatic carbocycles. The molecule has 4 atom stereocenters. The van der Waals surface area contributed by atoms with Gasteiger partial charge in [0.25, 0.3) is 0 Å². The average Bonchev–Trinajstić information content (AvgIpc) is 2.96. The minimum absolute atomic E-state index is 0.512. The maximum absolute atomic E-state index is 6.01. The topological polar surface area (TPSA) is 12.0 Å². The van der Waals surface area contributed by atoms with Gasteiger partial charge in [-0.2, -0.15) is 0 Å². The lowest BCUT2D eigenvalue weighted by Gasteiger charge is -2.27. The van der Waals surface area contributed by atoms with Crippen molar-refractivity contribution in [3.05, 3.63) is 39.8 Å². The predicted molar refractivity (Wildman–Crippen MR) is 81.1 cm³/mol. The first-order chi connectivity index (χ1) is 8.63. The van der Waals surface area contributed by atoms with Gasteiger partial charge in [0.05, 0.1) is 5.02 Å². The first-order valence-electron chi connectivity index (χ1n) is 6.53. The fourth-order valence-corrected chi connectivity index (χ4v) is 3.85. The number of halogens is 2. The van der Waals surface area contributed by atoms with E-state index in [1.165, 1.54) is 12.8 Å². The molecule has 2 aliphatic rings. The van der Waals surface area contributed by atoms with Gasteiger partial charge in [-0.05, 0) is 71.6 Å². The lowest BCUT2D eigenvalue weighted by molar-refractivity contribution is 0.400. The average molecular weight is 327 g/mol. The molecule has 18 heavy (non-hydrogen) atoms. The Balaban J connectivity index is 1.69. The maximum Gasteiger partial charge on any atom is 0.0549 e. The van der Waals surface area contributed by atoms with Gasteiger partial charge in [0.15, 0.2) is 0 Å². The molecule has 96 valence electrons. The van der Waals surface area contributed by atoms with Gasteiger partial charge in [0.2, 0.25) is 0 Å². The van der Waals surface area contributed by atoms with Gasteiger partial charge in [-0.15, -0.1) is 0 Å². The van der Waals surface area contributed by atoms with E-state index in [-0.39, 0.29) is 0 Å². The van der Waals surface area contributed by atoms with Crippen LogP contribution in [0.4, 0.5) is 5.69 Å². The summed E-state index contributed by atoms with van der Waals surface area (Å²) in [7, 11) is 0. The molecule has 1 N–H and O–H groups in total. The second kappa shape index (κ2) is 4.90. The van der Waals surface area contributed by atoms with Gasteiger partial charge in [-0.25, -0.2) is 0 Å². The van der Waals surface area contributed by atoms with E-state index in [4.69, 9.17) is 11.6 Å². The van der Waals surface area contributed by atoms with Crippen LogP contribution in [0.15, 0.2) is 34.8 Å². The van der Waals surface area contributed by atoms with Crippen LogP contribution in [0.3, 0.4) is 0 Å². The van der Waals surface area contributed by atoms with Crippen molar-refractivity contribution in [1.82, 2.24) is 0 Å². The van der Waals surface area contributed by atoms with Crippen LogP contribution in [0, 0.1) is 17.8 Å². The summed E-state index contributed by atoms with van der Waals surface area (Å²) < 4.78 is 0.953. The van der Waals surface area contributed by atoms with Gasteiger partial charge >= 0.3 is 0 Å². The number of nitrogens with one attached hydrogen (secondary N) is 1. The summed E-state index contributed by atoms with van der Waals surface area (Å²) in [5.74, 6) is 2.39. The van der Waals surface area contributed by atoms with E-state index >= 15 is 0 Å². The SMILES string of the molecule is CC(Nc1ccc(Cl)c(Br)c1)C1CC2C=CC1C2. The van der Waals surface area contributed by atoms with E-state index in [0.29, 0.717) is 6.04 Å². The molecule has 3 rings (SSSR count). The van der Waals surface area contributed by atoms with E-state index in [9.17, 15) is 0 Å². The van der Waals surface area contributed by atoms with Crippen molar-refractivity contribution in [2.45, 2.75) is 25.8 Å². The fraction of sp³-hybridized carbons (Fsp3) is 0.467. The molecule has 1 aromatic rings. The highest BCUT2D eigenvalue weighted by Crippen LogP contribution is 2.45. The smallest absolute Gasteiger partial charge is 0.0549 e. The number of anilines is 1. The van der Waals surface area contributed by atoms with Crippen LogP contribution in [0.25, 0.3) is 0 Å². The first-order valence-corrected chi connectivity index (χ1v) is 7.70. The molecule has 2 aliphatic carbocycles.